The smallest absolute Gasteiger partial charge is 0.135 e. The van der Waals surface area contributed by atoms with Gasteiger partial charge in [0, 0.05) is 25.3 Å². The zero-order valence-corrected chi connectivity index (χ0v) is 11.8. The Labute approximate surface area is 108 Å². The van der Waals surface area contributed by atoms with Gasteiger partial charge in [0.05, 0.1) is 16.4 Å². The van der Waals surface area contributed by atoms with Crippen molar-refractivity contribution in [2.24, 2.45) is 5.92 Å². The SMILES string of the molecule is CCC(=O)C(C)Cc1c(Cl)c(CC)nn1CC. The maximum absolute atomic E-state index is 11.6. The first-order chi connectivity index (χ1) is 8.04. The van der Waals surface area contributed by atoms with E-state index >= 15 is 0 Å². The van der Waals surface area contributed by atoms with E-state index in [-0.39, 0.29) is 11.7 Å². The molecule has 0 amide bonds. The molecule has 0 aliphatic heterocycles. The number of rotatable bonds is 6. The minimum Gasteiger partial charge on any atom is -0.299 e. The molecule has 0 radical (unpaired) electrons. The number of aromatic nitrogens is 2. The largest absolute Gasteiger partial charge is 0.299 e. The van der Waals surface area contributed by atoms with Gasteiger partial charge in [-0.15, -0.1) is 0 Å². The number of hydrogen-bond acceptors (Lipinski definition) is 2. The first kappa shape index (κ1) is 14.2. The molecule has 0 aromatic carbocycles. The fourth-order valence-corrected chi connectivity index (χ4v) is 2.31. The second-order valence-corrected chi connectivity index (χ2v) is 4.68. The van der Waals surface area contributed by atoms with Crippen LogP contribution in [0.25, 0.3) is 0 Å². The van der Waals surface area contributed by atoms with Crippen molar-refractivity contribution in [3.63, 3.8) is 0 Å². The summed E-state index contributed by atoms with van der Waals surface area (Å²) in [5.41, 5.74) is 1.93. The molecule has 1 atom stereocenters. The average molecular weight is 257 g/mol. The highest BCUT2D eigenvalue weighted by Gasteiger charge is 2.19. The van der Waals surface area contributed by atoms with Crippen LogP contribution in [0.2, 0.25) is 5.02 Å². The van der Waals surface area contributed by atoms with Crippen molar-refractivity contribution in [1.29, 1.82) is 0 Å². The van der Waals surface area contributed by atoms with Crippen LogP contribution in [0.5, 0.6) is 0 Å². The lowest BCUT2D eigenvalue weighted by Gasteiger charge is -2.10. The zero-order valence-electron chi connectivity index (χ0n) is 11.1. The van der Waals surface area contributed by atoms with Gasteiger partial charge in [0.25, 0.3) is 0 Å². The summed E-state index contributed by atoms with van der Waals surface area (Å²) in [6, 6.07) is 0. The van der Waals surface area contributed by atoms with Crippen molar-refractivity contribution < 1.29 is 4.79 Å². The predicted octanol–water partition coefficient (Wildman–Crippen LogP) is 3.28. The Morgan fingerprint density at radius 2 is 2.06 bits per heavy atom. The first-order valence-electron chi connectivity index (χ1n) is 6.31. The average Bonchev–Trinajstić information content (AvgIpc) is 2.65. The Morgan fingerprint density at radius 1 is 1.41 bits per heavy atom. The van der Waals surface area contributed by atoms with E-state index in [1.165, 1.54) is 0 Å². The Bertz CT molecular complexity index is 398. The molecule has 0 aliphatic rings. The summed E-state index contributed by atoms with van der Waals surface area (Å²) >= 11 is 6.31. The van der Waals surface area contributed by atoms with Crippen molar-refractivity contribution in [3.8, 4) is 0 Å². The molecule has 0 N–H and O–H groups in total. The highest BCUT2D eigenvalue weighted by Crippen LogP contribution is 2.24. The van der Waals surface area contributed by atoms with E-state index in [1.54, 1.807) is 0 Å². The molecule has 96 valence electrons. The summed E-state index contributed by atoms with van der Waals surface area (Å²) in [7, 11) is 0. The van der Waals surface area contributed by atoms with Gasteiger partial charge in [0.1, 0.15) is 5.78 Å². The van der Waals surface area contributed by atoms with Crippen LogP contribution in [-0.2, 0) is 24.2 Å². The van der Waals surface area contributed by atoms with Gasteiger partial charge >= 0.3 is 0 Å². The predicted molar refractivity (Wildman–Crippen MR) is 70.5 cm³/mol. The Kier molecular flexibility index (Phi) is 5.19. The number of Topliss-reactive ketones (excluding diaryl/α,β-unsaturated/α-hetero) is 1. The topological polar surface area (TPSA) is 34.9 Å². The summed E-state index contributed by atoms with van der Waals surface area (Å²) in [5.74, 6) is 0.298. The molecule has 1 rings (SSSR count). The van der Waals surface area contributed by atoms with Crippen LogP contribution >= 0.6 is 11.6 Å². The molecule has 1 aromatic rings. The minimum atomic E-state index is 0.0178. The monoisotopic (exact) mass is 256 g/mol. The van der Waals surface area contributed by atoms with E-state index in [1.807, 2.05) is 32.4 Å². The molecular weight excluding hydrogens is 236 g/mol. The van der Waals surface area contributed by atoms with E-state index in [2.05, 4.69) is 5.10 Å². The van der Waals surface area contributed by atoms with Crippen LogP contribution in [0.4, 0.5) is 0 Å². The maximum Gasteiger partial charge on any atom is 0.135 e. The second kappa shape index (κ2) is 6.20. The quantitative estimate of drug-likeness (QED) is 0.783. The lowest BCUT2D eigenvalue weighted by atomic mass is 9.98. The maximum atomic E-state index is 11.6. The molecule has 0 bridgehead atoms. The second-order valence-electron chi connectivity index (χ2n) is 4.30. The Balaban J connectivity index is 2.96. The van der Waals surface area contributed by atoms with E-state index < -0.39 is 0 Å². The third kappa shape index (κ3) is 3.09. The molecule has 0 fully saturated rings. The van der Waals surface area contributed by atoms with Crippen LogP contribution < -0.4 is 0 Å². The lowest BCUT2D eigenvalue weighted by Crippen LogP contribution is -2.15. The molecule has 17 heavy (non-hydrogen) atoms. The number of aryl methyl sites for hydroxylation is 2. The number of ketones is 1. The molecule has 0 spiro atoms. The van der Waals surface area contributed by atoms with E-state index in [0.717, 1.165) is 29.4 Å². The normalized spacial score (nSPS) is 12.8. The van der Waals surface area contributed by atoms with Gasteiger partial charge in [0.15, 0.2) is 0 Å². The zero-order chi connectivity index (χ0) is 13.0. The molecule has 3 nitrogen and oxygen atoms in total. The summed E-state index contributed by atoms with van der Waals surface area (Å²) in [6.45, 7) is 8.73. The number of carbonyl (C=O) groups is 1. The minimum absolute atomic E-state index is 0.0178. The van der Waals surface area contributed by atoms with Crippen molar-refractivity contribution >= 4 is 17.4 Å². The summed E-state index contributed by atoms with van der Waals surface area (Å²) in [6.07, 6.45) is 2.10. The number of carbonyl (C=O) groups excluding carboxylic acids is 1. The van der Waals surface area contributed by atoms with Gasteiger partial charge in [-0.2, -0.15) is 5.10 Å². The van der Waals surface area contributed by atoms with E-state index in [9.17, 15) is 4.79 Å². The van der Waals surface area contributed by atoms with E-state index in [0.29, 0.717) is 12.8 Å². The molecule has 0 saturated carbocycles. The summed E-state index contributed by atoms with van der Waals surface area (Å²) < 4.78 is 1.92. The van der Waals surface area contributed by atoms with Crippen LogP contribution in [0.3, 0.4) is 0 Å². The van der Waals surface area contributed by atoms with Crippen molar-refractivity contribution in [2.75, 3.05) is 0 Å². The molecule has 4 heteroatoms. The first-order valence-corrected chi connectivity index (χ1v) is 6.69. The summed E-state index contributed by atoms with van der Waals surface area (Å²) in [5, 5.41) is 5.20. The van der Waals surface area contributed by atoms with Gasteiger partial charge in [-0.05, 0) is 13.3 Å². The molecule has 0 aliphatic carbocycles. The van der Waals surface area contributed by atoms with Gasteiger partial charge in [0.2, 0.25) is 0 Å². The third-order valence-electron chi connectivity index (χ3n) is 3.09. The van der Waals surface area contributed by atoms with Crippen LogP contribution in [0.1, 0.15) is 45.5 Å². The Morgan fingerprint density at radius 3 is 2.53 bits per heavy atom. The van der Waals surface area contributed by atoms with Gasteiger partial charge in [-0.3, -0.25) is 9.48 Å². The van der Waals surface area contributed by atoms with Gasteiger partial charge < -0.3 is 0 Å². The van der Waals surface area contributed by atoms with Crippen LogP contribution in [0.15, 0.2) is 0 Å². The van der Waals surface area contributed by atoms with Crippen molar-refractivity contribution in [3.05, 3.63) is 16.4 Å². The van der Waals surface area contributed by atoms with Gasteiger partial charge in [-0.1, -0.05) is 32.4 Å². The number of hydrogen-bond donors (Lipinski definition) is 0. The van der Waals surface area contributed by atoms with Crippen LogP contribution in [-0.4, -0.2) is 15.6 Å². The standard InChI is InChI=1S/C13H21ClN2O/c1-5-10-13(14)11(16(7-3)15-10)8-9(4)12(17)6-2/h9H,5-8H2,1-4H3. The molecular formula is C13H21ClN2O. The molecule has 0 saturated heterocycles. The van der Waals surface area contributed by atoms with Gasteiger partial charge in [-0.25, -0.2) is 0 Å². The lowest BCUT2D eigenvalue weighted by molar-refractivity contribution is -0.122. The van der Waals surface area contributed by atoms with Crippen LogP contribution in [0, 0.1) is 5.92 Å². The van der Waals surface area contributed by atoms with Crippen molar-refractivity contribution in [1.82, 2.24) is 9.78 Å². The highest BCUT2D eigenvalue weighted by molar-refractivity contribution is 6.31. The number of halogens is 1. The molecule has 1 aromatic heterocycles. The molecule has 1 heterocycles. The molecule has 1 unspecified atom stereocenters. The fourth-order valence-electron chi connectivity index (χ4n) is 1.96. The third-order valence-corrected chi connectivity index (χ3v) is 3.53. The van der Waals surface area contributed by atoms with E-state index in [4.69, 9.17) is 11.6 Å². The summed E-state index contributed by atoms with van der Waals surface area (Å²) in [4.78, 5) is 11.6. The van der Waals surface area contributed by atoms with Crippen molar-refractivity contribution in [2.45, 2.75) is 53.5 Å². The number of nitrogens with zero attached hydrogens (tertiary/aromatic N) is 2. The highest BCUT2D eigenvalue weighted by atomic mass is 35.5. The fraction of sp³-hybridized carbons (Fsp3) is 0.692. The Hall–Kier alpha value is -0.830.